The van der Waals surface area contributed by atoms with E-state index in [2.05, 4.69) is 22.9 Å². The van der Waals surface area contributed by atoms with E-state index in [0.717, 1.165) is 18.4 Å². The summed E-state index contributed by atoms with van der Waals surface area (Å²) >= 11 is 3.30. The molecule has 0 amide bonds. The van der Waals surface area contributed by atoms with Crippen LogP contribution in [0.4, 0.5) is 0 Å². The van der Waals surface area contributed by atoms with Crippen LogP contribution >= 0.6 is 15.9 Å². The molecule has 10 heavy (non-hydrogen) atoms. The molecule has 0 saturated carbocycles. The van der Waals surface area contributed by atoms with E-state index in [9.17, 15) is 0 Å². The fraction of sp³-hybridized carbons (Fsp3) is 1.00. The van der Waals surface area contributed by atoms with Crippen LogP contribution in [0.25, 0.3) is 0 Å². The zero-order chi connectivity index (χ0) is 7.82. The van der Waals surface area contributed by atoms with Crippen molar-refractivity contribution in [1.29, 1.82) is 0 Å². The van der Waals surface area contributed by atoms with Crippen LogP contribution in [-0.4, -0.2) is 24.8 Å². The number of rotatable bonds is 6. The first-order valence-electron chi connectivity index (χ1n) is 3.64. The Labute approximate surface area is 71.0 Å². The molecule has 0 aliphatic carbocycles. The third kappa shape index (κ3) is 5.21. The maximum Gasteiger partial charge on any atom is 0.167 e. The predicted octanol–water partition coefficient (Wildman–Crippen LogP) is 2.17. The van der Waals surface area contributed by atoms with E-state index < -0.39 is 0 Å². The lowest BCUT2D eigenvalue weighted by Crippen LogP contribution is -2.19. The summed E-state index contributed by atoms with van der Waals surface area (Å²) < 4.78 is 10.5. The highest BCUT2D eigenvalue weighted by atomic mass is 79.9. The Hall–Kier alpha value is 0.400. The molecular weight excluding hydrogens is 196 g/mol. The number of alkyl halides is 1. The first-order chi connectivity index (χ1) is 4.85. The zero-order valence-electron chi connectivity index (χ0n) is 6.60. The fourth-order valence-corrected chi connectivity index (χ4v) is 0.946. The molecule has 3 heteroatoms. The second kappa shape index (κ2) is 7.51. The number of ether oxygens (including phenoxy) is 2. The van der Waals surface area contributed by atoms with Gasteiger partial charge >= 0.3 is 0 Å². The maximum atomic E-state index is 5.31. The summed E-state index contributed by atoms with van der Waals surface area (Å²) in [6.07, 6.45) is 0.973. The molecule has 0 fully saturated rings. The van der Waals surface area contributed by atoms with Gasteiger partial charge in [0, 0.05) is 13.2 Å². The van der Waals surface area contributed by atoms with Crippen molar-refractivity contribution >= 4 is 15.9 Å². The van der Waals surface area contributed by atoms with Gasteiger partial charge in [0.2, 0.25) is 0 Å². The van der Waals surface area contributed by atoms with Gasteiger partial charge in [0.05, 0.1) is 5.33 Å². The molecule has 2 nitrogen and oxygen atoms in total. The van der Waals surface area contributed by atoms with Crippen molar-refractivity contribution in [3.05, 3.63) is 0 Å². The molecule has 0 aromatic carbocycles. The number of hydrogen-bond donors (Lipinski definition) is 0. The highest BCUT2D eigenvalue weighted by Crippen LogP contribution is 1.99. The van der Waals surface area contributed by atoms with Crippen molar-refractivity contribution in [3.63, 3.8) is 0 Å². The monoisotopic (exact) mass is 210 g/mol. The summed E-state index contributed by atoms with van der Waals surface area (Å²) in [5.41, 5.74) is 0. The van der Waals surface area contributed by atoms with Gasteiger partial charge in [0.1, 0.15) is 0 Å². The van der Waals surface area contributed by atoms with Crippen molar-refractivity contribution in [1.82, 2.24) is 0 Å². The first-order valence-corrected chi connectivity index (χ1v) is 4.76. The molecule has 62 valence electrons. The Morgan fingerprint density at radius 1 is 1.30 bits per heavy atom. The van der Waals surface area contributed by atoms with Gasteiger partial charge in [-0.25, -0.2) is 0 Å². The lowest BCUT2D eigenvalue weighted by molar-refractivity contribution is -0.122. The first kappa shape index (κ1) is 10.4. The summed E-state index contributed by atoms with van der Waals surface area (Å²) in [5.74, 6) is 0. The molecule has 0 rings (SSSR count). The van der Waals surface area contributed by atoms with Crippen molar-refractivity contribution in [2.24, 2.45) is 0 Å². The van der Waals surface area contributed by atoms with Crippen LogP contribution in [-0.2, 0) is 9.47 Å². The summed E-state index contributed by atoms with van der Waals surface area (Å²) in [6.45, 7) is 5.53. The van der Waals surface area contributed by atoms with Gasteiger partial charge in [-0.05, 0) is 13.3 Å². The summed E-state index contributed by atoms with van der Waals surface area (Å²) in [5, 5.41) is 0.751. The normalized spacial score (nSPS) is 13.5. The average molecular weight is 211 g/mol. The standard InChI is InChI=1S/C7H15BrO2/c1-3-5-10-7(6-8)9-4-2/h7H,3-6H2,1-2H3. The van der Waals surface area contributed by atoms with E-state index in [1.807, 2.05) is 6.92 Å². The number of halogens is 1. The molecule has 0 aromatic rings. The van der Waals surface area contributed by atoms with Gasteiger partial charge in [-0.15, -0.1) is 0 Å². The molecule has 0 saturated heterocycles. The number of hydrogen-bond acceptors (Lipinski definition) is 2. The molecule has 0 aliphatic heterocycles. The van der Waals surface area contributed by atoms with Crippen LogP contribution in [0.15, 0.2) is 0 Å². The van der Waals surface area contributed by atoms with Gasteiger partial charge in [0.15, 0.2) is 6.29 Å². The van der Waals surface area contributed by atoms with Crippen molar-refractivity contribution in [2.75, 3.05) is 18.5 Å². The van der Waals surface area contributed by atoms with E-state index >= 15 is 0 Å². The van der Waals surface area contributed by atoms with Crippen LogP contribution in [0.3, 0.4) is 0 Å². The Kier molecular flexibility index (Phi) is 7.81. The molecule has 1 unspecified atom stereocenters. The minimum atomic E-state index is -0.0649. The maximum absolute atomic E-state index is 5.31. The minimum Gasteiger partial charge on any atom is -0.352 e. The lowest BCUT2D eigenvalue weighted by Gasteiger charge is -2.13. The van der Waals surface area contributed by atoms with Crippen LogP contribution in [0.1, 0.15) is 20.3 Å². The Morgan fingerprint density at radius 2 is 2.00 bits per heavy atom. The Balaban J connectivity index is 3.21. The van der Waals surface area contributed by atoms with E-state index in [1.165, 1.54) is 0 Å². The largest absolute Gasteiger partial charge is 0.352 e. The molecule has 0 bridgehead atoms. The average Bonchev–Trinajstić information content (AvgIpc) is 1.98. The molecular formula is C7H15BrO2. The van der Waals surface area contributed by atoms with Crippen LogP contribution in [0.2, 0.25) is 0 Å². The molecule has 1 atom stereocenters. The summed E-state index contributed by atoms with van der Waals surface area (Å²) in [7, 11) is 0. The highest BCUT2D eigenvalue weighted by molar-refractivity contribution is 9.09. The lowest BCUT2D eigenvalue weighted by atomic mass is 10.5. The van der Waals surface area contributed by atoms with E-state index in [0.29, 0.717) is 6.61 Å². The molecule has 0 spiro atoms. The van der Waals surface area contributed by atoms with Crippen molar-refractivity contribution < 1.29 is 9.47 Å². The molecule has 0 aromatic heterocycles. The topological polar surface area (TPSA) is 18.5 Å². The SMILES string of the molecule is CCCOC(CBr)OCC. The molecule has 0 radical (unpaired) electrons. The Bertz CT molecular complexity index is 68.6. The smallest absolute Gasteiger partial charge is 0.167 e. The summed E-state index contributed by atoms with van der Waals surface area (Å²) in [6, 6.07) is 0. The van der Waals surface area contributed by atoms with Crippen molar-refractivity contribution in [3.8, 4) is 0 Å². The fourth-order valence-electron chi connectivity index (χ4n) is 0.572. The second-order valence-corrected chi connectivity index (χ2v) is 2.56. The predicted molar refractivity (Wildman–Crippen MR) is 45.5 cm³/mol. The van der Waals surface area contributed by atoms with Crippen LogP contribution < -0.4 is 0 Å². The third-order valence-corrected chi connectivity index (χ3v) is 1.52. The third-order valence-electron chi connectivity index (χ3n) is 0.986. The quantitative estimate of drug-likeness (QED) is 0.495. The second-order valence-electron chi connectivity index (χ2n) is 1.91. The molecule has 0 heterocycles. The van der Waals surface area contributed by atoms with Gasteiger partial charge in [0.25, 0.3) is 0 Å². The summed E-state index contributed by atoms with van der Waals surface area (Å²) in [4.78, 5) is 0. The molecule has 0 aliphatic rings. The van der Waals surface area contributed by atoms with Crippen LogP contribution in [0, 0.1) is 0 Å². The van der Waals surface area contributed by atoms with Crippen molar-refractivity contribution in [2.45, 2.75) is 26.6 Å². The molecule has 0 N–H and O–H groups in total. The minimum absolute atomic E-state index is 0.0649. The van der Waals surface area contributed by atoms with Gasteiger partial charge in [-0.3, -0.25) is 0 Å². The zero-order valence-corrected chi connectivity index (χ0v) is 8.19. The van der Waals surface area contributed by atoms with E-state index in [-0.39, 0.29) is 6.29 Å². The van der Waals surface area contributed by atoms with E-state index in [1.54, 1.807) is 0 Å². The van der Waals surface area contributed by atoms with E-state index in [4.69, 9.17) is 9.47 Å². The Morgan fingerprint density at radius 3 is 2.40 bits per heavy atom. The van der Waals surface area contributed by atoms with Crippen LogP contribution in [0.5, 0.6) is 0 Å². The van der Waals surface area contributed by atoms with Gasteiger partial charge < -0.3 is 9.47 Å². The highest BCUT2D eigenvalue weighted by Gasteiger charge is 2.03. The van der Waals surface area contributed by atoms with Gasteiger partial charge in [-0.1, -0.05) is 22.9 Å². The van der Waals surface area contributed by atoms with Gasteiger partial charge in [-0.2, -0.15) is 0 Å².